The molecule has 0 radical (unpaired) electrons. The molecule has 2 aliphatic rings. The first-order valence-corrected chi connectivity index (χ1v) is 11.7. The quantitative estimate of drug-likeness (QED) is 0.315. The van der Waals surface area contributed by atoms with Gasteiger partial charge in [-0.1, -0.05) is 0 Å². The van der Waals surface area contributed by atoms with Crippen LogP contribution in [0.3, 0.4) is 0 Å². The first-order valence-electron chi connectivity index (χ1n) is 11.7. The van der Waals surface area contributed by atoms with Crippen molar-refractivity contribution >= 4 is 22.7 Å². The number of hydrogen-bond acceptors (Lipinski definition) is 7. The van der Waals surface area contributed by atoms with Crippen molar-refractivity contribution in [2.75, 3.05) is 13.4 Å². The van der Waals surface area contributed by atoms with E-state index in [0.29, 0.717) is 34.5 Å². The molecular formula is C27H23N3O6. The van der Waals surface area contributed by atoms with E-state index >= 15 is 0 Å². The molecule has 0 spiro atoms. The summed E-state index contributed by atoms with van der Waals surface area (Å²) in [5.41, 5.74) is 3.52. The highest BCUT2D eigenvalue weighted by molar-refractivity contribution is 6.01. The number of Topliss-reactive ketones (excluding diaryl/α,β-unsaturated/α-hetero) is 1. The number of aromatic nitrogens is 3. The normalized spacial score (nSPS) is 13.7. The van der Waals surface area contributed by atoms with E-state index in [0.717, 1.165) is 35.7 Å². The van der Waals surface area contributed by atoms with Crippen LogP contribution in [-0.4, -0.2) is 39.3 Å². The second kappa shape index (κ2) is 8.37. The Bertz CT molecular complexity index is 1630. The molecule has 0 unspecified atom stereocenters. The molecule has 0 fully saturated rings. The minimum atomic E-state index is -0.641. The third-order valence-corrected chi connectivity index (χ3v) is 6.73. The maximum Gasteiger partial charge on any atom is 0.338 e. The van der Waals surface area contributed by atoms with E-state index in [-0.39, 0.29) is 23.7 Å². The number of fused-ring (bicyclic) bond motifs is 3. The van der Waals surface area contributed by atoms with E-state index in [1.165, 1.54) is 6.07 Å². The molecule has 0 aliphatic carbocycles. The predicted molar refractivity (Wildman–Crippen MR) is 130 cm³/mol. The maximum atomic E-state index is 13.0. The van der Waals surface area contributed by atoms with Gasteiger partial charge in [-0.25, -0.2) is 9.78 Å². The summed E-state index contributed by atoms with van der Waals surface area (Å²) >= 11 is 0. The lowest BCUT2D eigenvalue weighted by Crippen LogP contribution is -2.21. The molecule has 2 aromatic heterocycles. The van der Waals surface area contributed by atoms with Crippen LogP contribution in [0.25, 0.3) is 16.6 Å². The Morgan fingerprint density at radius 1 is 1.06 bits per heavy atom. The standard InChI is InChI=1S/C27H23N3O6/c1-15-10-20(16(2)30(15)18-6-8-23-24(12-18)36-14-35-23)22(31)13-34-27(33)17-5-7-19-21(11-17)28-25-4-3-9-29(25)26(19)32/h5-8,10-12H,3-4,9,13-14H2,1-2H3. The molecule has 2 aliphatic heterocycles. The van der Waals surface area contributed by atoms with E-state index < -0.39 is 12.6 Å². The van der Waals surface area contributed by atoms with Crippen molar-refractivity contribution in [3.8, 4) is 17.2 Å². The van der Waals surface area contributed by atoms with Crippen molar-refractivity contribution < 1.29 is 23.8 Å². The highest BCUT2D eigenvalue weighted by atomic mass is 16.7. The lowest BCUT2D eigenvalue weighted by Gasteiger charge is -2.11. The first kappa shape index (κ1) is 22.1. The van der Waals surface area contributed by atoms with Gasteiger partial charge in [0.2, 0.25) is 12.6 Å². The molecule has 0 saturated carbocycles. The van der Waals surface area contributed by atoms with Crippen LogP contribution >= 0.6 is 0 Å². The van der Waals surface area contributed by atoms with Crippen molar-refractivity contribution in [2.45, 2.75) is 33.2 Å². The van der Waals surface area contributed by atoms with Gasteiger partial charge in [-0.15, -0.1) is 0 Å². The van der Waals surface area contributed by atoms with Gasteiger partial charge in [-0.05, 0) is 56.7 Å². The summed E-state index contributed by atoms with van der Waals surface area (Å²) in [6, 6.07) is 12.1. The van der Waals surface area contributed by atoms with Gasteiger partial charge in [0, 0.05) is 41.7 Å². The summed E-state index contributed by atoms with van der Waals surface area (Å²) < 4.78 is 19.8. The third kappa shape index (κ3) is 3.55. The summed E-state index contributed by atoms with van der Waals surface area (Å²) in [6.07, 6.45) is 1.61. The average Bonchev–Trinajstić information content (AvgIpc) is 3.60. The molecule has 0 N–H and O–H groups in total. The average molecular weight is 485 g/mol. The van der Waals surface area contributed by atoms with Crippen LogP contribution in [-0.2, 0) is 17.7 Å². The van der Waals surface area contributed by atoms with Crippen LogP contribution in [0.5, 0.6) is 11.5 Å². The van der Waals surface area contributed by atoms with Crippen LogP contribution in [0.4, 0.5) is 0 Å². The number of benzene rings is 2. The molecule has 182 valence electrons. The number of aryl methyl sites for hydroxylation is 2. The summed E-state index contributed by atoms with van der Waals surface area (Å²) in [6.45, 7) is 4.20. The highest BCUT2D eigenvalue weighted by Gasteiger charge is 2.22. The zero-order valence-electron chi connectivity index (χ0n) is 19.9. The molecule has 2 aromatic carbocycles. The van der Waals surface area contributed by atoms with Crippen molar-refractivity contribution in [1.29, 1.82) is 0 Å². The van der Waals surface area contributed by atoms with Crippen molar-refractivity contribution in [2.24, 2.45) is 0 Å². The Hall–Kier alpha value is -4.40. The first-order chi connectivity index (χ1) is 17.4. The topological polar surface area (TPSA) is 102 Å². The van der Waals surface area contributed by atoms with Gasteiger partial charge in [-0.2, -0.15) is 0 Å². The molecule has 9 nitrogen and oxygen atoms in total. The lowest BCUT2D eigenvalue weighted by atomic mass is 10.1. The molecule has 0 amide bonds. The summed E-state index contributed by atoms with van der Waals surface area (Å²) in [5.74, 6) is 1.11. The molecule has 9 heteroatoms. The summed E-state index contributed by atoms with van der Waals surface area (Å²) in [4.78, 5) is 42.9. The molecule has 0 saturated heterocycles. The Labute approximate surface area is 205 Å². The third-order valence-electron chi connectivity index (χ3n) is 6.73. The summed E-state index contributed by atoms with van der Waals surface area (Å²) in [7, 11) is 0. The van der Waals surface area contributed by atoms with Gasteiger partial charge in [0.25, 0.3) is 5.56 Å². The molecule has 0 atom stereocenters. The molecule has 4 heterocycles. The zero-order chi connectivity index (χ0) is 25.0. The number of carbonyl (C=O) groups excluding carboxylic acids is 2. The van der Waals surface area contributed by atoms with Crippen LogP contribution in [0.2, 0.25) is 0 Å². The van der Waals surface area contributed by atoms with E-state index in [4.69, 9.17) is 14.2 Å². The maximum absolute atomic E-state index is 13.0. The minimum Gasteiger partial charge on any atom is -0.454 e. The number of esters is 1. The SMILES string of the molecule is Cc1cc(C(=O)COC(=O)c2ccc3c(=O)n4c(nc3c2)CCC4)c(C)n1-c1ccc2c(c1)OCO2. The van der Waals surface area contributed by atoms with E-state index in [9.17, 15) is 14.4 Å². The fraction of sp³-hybridized carbons (Fsp3) is 0.259. The molecule has 0 bridgehead atoms. The van der Waals surface area contributed by atoms with Crippen LogP contribution < -0.4 is 15.0 Å². The summed E-state index contributed by atoms with van der Waals surface area (Å²) in [5, 5.41) is 0.462. The van der Waals surface area contributed by atoms with Crippen LogP contribution in [0, 0.1) is 13.8 Å². The Kier molecular flexibility index (Phi) is 5.13. The monoisotopic (exact) mass is 485 g/mol. The van der Waals surface area contributed by atoms with Gasteiger partial charge in [0.15, 0.2) is 18.1 Å². The van der Waals surface area contributed by atoms with Crippen LogP contribution in [0.1, 0.15) is 44.3 Å². The van der Waals surface area contributed by atoms with Crippen LogP contribution in [0.15, 0.2) is 47.3 Å². The van der Waals surface area contributed by atoms with Gasteiger partial charge < -0.3 is 18.8 Å². The Morgan fingerprint density at radius 3 is 2.75 bits per heavy atom. The number of ether oxygens (including phenoxy) is 3. The Morgan fingerprint density at radius 2 is 1.89 bits per heavy atom. The zero-order valence-corrected chi connectivity index (χ0v) is 19.9. The minimum absolute atomic E-state index is 0.0968. The Balaban J connectivity index is 1.20. The smallest absolute Gasteiger partial charge is 0.338 e. The largest absolute Gasteiger partial charge is 0.454 e. The van der Waals surface area contributed by atoms with E-state index in [1.54, 1.807) is 22.8 Å². The van der Waals surface area contributed by atoms with Gasteiger partial charge >= 0.3 is 5.97 Å². The van der Waals surface area contributed by atoms with E-state index in [1.807, 2.05) is 36.6 Å². The second-order valence-corrected chi connectivity index (χ2v) is 8.98. The number of ketones is 1. The lowest BCUT2D eigenvalue weighted by molar-refractivity contribution is 0.0474. The van der Waals surface area contributed by atoms with Crippen molar-refractivity contribution in [3.05, 3.63) is 81.2 Å². The second-order valence-electron chi connectivity index (χ2n) is 8.98. The molecule has 36 heavy (non-hydrogen) atoms. The van der Waals surface area contributed by atoms with E-state index in [2.05, 4.69) is 4.98 Å². The molecular weight excluding hydrogens is 462 g/mol. The fourth-order valence-electron chi connectivity index (χ4n) is 4.97. The van der Waals surface area contributed by atoms with Crippen molar-refractivity contribution in [3.63, 3.8) is 0 Å². The highest BCUT2D eigenvalue weighted by Crippen LogP contribution is 2.35. The number of rotatable bonds is 5. The number of carbonyl (C=O) groups is 2. The van der Waals surface area contributed by atoms with Crippen molar-refractivity contribution in [1.82, 2.24) is 14.1 Å². The fourth-order valence-corrected chi connectivity index (χ4v) is 4.97. The predicted octanol–water partition coefficient (Wildman–Crippen LogP) is 3.52. The van der Waals surface area contributed by atoms with Gasteiger partial charge in [-0.3, -0.25) is 14.2 Å². The molecule has 6 rings (SSSR count). The number of hydrogen-bond donors (Lipinski definition) is 0. The van der Waals surface area contributed by atoms with Gasteiger partial charge in [0.05, 0.1) is 16.5 Å². The van der Waals surface area contributed by atoms with Gasteiger partial charge in [0.1, 0.15) is 5.82 Å². The number of nitrogens with zero attached hydrogens (tertiary/aromatic N) is 3. The molecule has 4 aromatic rings.